The predicted molar refractivity (Wildman–Crippen MR) is 65.1 cm³/mol. The van der Waals surface area contributed by atoms with Gasteiger partial charge in [0.15, 0.2) is 5.82 Å². The lowest BCUT2D eigenvalue weighted by Gasteiger charge is -1.93. The van der Waals surface area contributed by atoms with Gasteiger partial charge in [-0.15, -0.1) is 0 Å². The summed E-state index contributed by atoms with van der Waals surface area (Å²) in [6.07, 6.45) is 0.774. The number of hydrogen-bond acceptors (Lipinski definition) is 4. The van der Waals surface area contributed by atoms with Crippen molar-refractivity contribution in [3.63, 3.8) is 0 Å². The molecule has 0 saturated heterocycles. The Labute approximate surface area is 102 Å². The van der Waals surface area contributed by atoms with Crippen molar-refractivity contribution in [2.24, 2.45) is 0 Å². The van der Waals surface area contributed by atoms with Crippen LogP contribution in [0.1, 0.15) is 5.82 Å². The molecule has 0 aliphatic carbocycles. The van der Waals surface area contributed by atoms with E-state index in [9.17, 15) is 0 Å². The molecular formula is C11H12BrN3O. The number of benzene rings is 1. The second-order valence-electron chi connectivity index (χ2n) is 3.38. The van der Waals surface area contributed by atoms with Crippen molar-refractivity contribution in [1.82, 2.24) is 15.5 Å². The summed E-state index contributed by atoms with van der Waals surface area (Å²) in [4.78, 5) is 4.31. The van der Waals surface area contributed by atoms with E-state index in [4.69, 9.17) is 4.52 Å². The molecule has 2 rings (SSSR count). The molecule has 0 unspecified atom stereocenters. The van der Waals surface area contributed by atoms with E-state index in [1.54, 1.807) is 0 Å². The Hall–Kier alpha value is -1.20. The SMILES string of the molecule is CNCCc1noc(-c2ccc(Br)cc2)n1. The topological polar surface area (TPSA) is 51.0 Å². The normalized spacial score (nSPS) is 10.6. The minimum absolute atomic E-state index is 0.568. The molecule has 1 aromatic heterocycles. The molecule has 16 heavy (non-hydrogen) atoms. The number of hydrogen-bond donors (Lipinski definition) is 1. The zero-order valence-electron chi connectivity index (χ0n) is 8.90. The van der Waals surface area contributed by atoms with Crippen LogP contribution in [0, 0.1) is 0 Å². The summed E-state index contributed by atoms with van der Waals surface area (Å²) in [7, 11) is 1.90. The number of aromatic nitrogens is 2. The van der Waals surface area contributed by atoms with Gasteiger partial charge in [-0.2, -0.15) is 4.98 Å². The summed E-state index contributed by atoms with van der Waals surface area (Å²) in [5.74, 6) is 1.30. The molecule has 0 fully saturated rings. The van der Waals surface area contributed by atoms with Gasteiger partial charge in [0.2, 0.25) is 0 Å². The lowest BCUT2D eigenvalue weighted by molar-refractivity contribution is 0.422. The summed E-state index contributed by atoms with van der Waals surface area (Å²) < 4.78 is 6.22. The number of halogens is 1. The third-order valence-corrected chi connectivity index (χ3v) is 2.69. The summed E-state index contributed by atoms with van der Waals surface area (Å²) in [5, 5.41) is 6.96. The Morgan fingerprint density at radius 3 is 2.75 bits per heavy atom. The van der Waals surface area contributed by atoms with E-state index in [1.807, 2.05) is 31.3 Å². The first-order valence-corrected chi connectivity index (χ1v) is 5.82. The monoisotopic (exact) mass is 281 g/mol. The quantitative estimate of drug-likeness (QED) is 0.934. The average molecular weight is 282 g/mol. The maximum absolute atomic E-state index is 5.18. The molecule has 0 saturated carbocycles. The molecule has 1 aromatic carbocycles. The Morgan fingerprint density at radius 2 is 2.06 bits per heavy atom. The zero-order valence-corrected chi connectivity index (χ0v) is 10.5. The van der Waals surface area contributed by atoms with E-state index >= 15 is 0 Å². The molecule has 5 heteroatoms. The first-order chi connectivity index (χ1) is 7.79. The number of likely N-dealkylation sites (N-methyl/N-ethyl adjacent to an activating group) is 1. The van der Waals surface area contributed by atoms with Gasteiger partial charge in [-0.05, 0) is 31.3 Å². The van der Waals surface area contributed by atoms with Crippen LogP contribution in [0.5, 0.6) is 0 Å². The largest absolute Gasteiger partial charge is 0.334 e. The van der Waals surface area contributed by atoms with Gasteiger partial charge in [-0.1, -0.05) is 21.1 Å². The molecular weight excluding hydrogens is 270 g/mol. The number of nitrogens with zero attached hydrogens (tertiary/aromatic N) is 2. The van der Waals surface area contributed by atoms with Crippen molar-refractivity contribution in [3.05, 3.63) is 34.6 Å². The van der Waals surface area contributed by atoms with Crippen molar-refractivity contribution in [2.45, 2.75) is 6.42 Å². The maximum Gasteiger partial charge on any atom is 0.257 e. The minimum Gasteiger partial charge on any atom is -0.334 e. The molecule has 0 amide bonds. The standard InChI is InChI=1S/C11H12BrN3O/c1-13-7-6-10-14-11(16-15-10)8-2-4-9(12)5-3-8/h2-5,13H,6-7H2,1H3. The van der Waals surface area contributed by atoms with Gasteiger partial charge in [0.1, 0.15) is 0 Å². The Morgan fingerprint density at radius 1 is 1.31 bits per heavy atom. The van der Waals surface area contributed by atoms with E-state index in [-0.39, 0.29) is 0 Å². The van der Waals surface area contributed by atoms with Gasteiger partial charge in [0, 0.05) is 23.0 Å². The molecule has 0 aliphatic rings. The van der Waals surface area contributed by atoms with E-state index in [0.717, 1.165) is 28.8 Å². The van der Waals surface area contributed by atoms with Crippen LogP contribution in [0.2, 0.25) is 0 Å². The minimum atomic E-state index is 0.568. The molecule has 1 N–H and O–H groups in total. The lowest BCUT2D eigenvalue weighted by Crippen LogP contribution is -2.10. The molecule has 0 aliphatic heterocycles. The van der Waals surface area contributed by atoms with Crippen LogP contribution in [0.3, 0.4) is 0 Å². The van der Waals surface area contributed by atoms with Crippen molar-refractivity contribution >= 4 is 15.9 Å². The molecule has 0 spiro atoms. The van der Waals surface area contributed by atoms with Gasteiger partial charge < -0.3 is 9.84 Å². The first kappa shape index (κ1) is 11.3. The highest BCUT2D eigenvalue weighted by Gasteiger charge is 2.07. The van der Waals surface area contributed by atoms with Gasteiger partial charge in [-0.3, -0.25) is 0 Å². The third kappa shape index (κ3) is 2.68. The van der Waals surface area contributed by atoms with Crippen LogP contribution in [0.25, 0.3) is 11.5 Å². The van der Waals surface area contributed by atoms with Crippen molar-refractivity contribution in [2.75, 3.05) is 13.6 Å². The van der Waals surface area contributed by atoms with Gasteiger partial charge in [-0.25, -0.2) is 0 Å². The van der Waals surface area contributed by atoms with Crippen LogP contribution >= 0.6 is 15.9 Å². The number of rotatable bonds is 4. The molecule has 4 nitrogen and oxygen atoms in total. The van der Waals surface area contributed by atoms with Crippen LogP contribution < -0.4 is 5.32 Å². The second-order valence-corrected chi connectivity index (χ2v) is 4.29. The van der Waals surface area contributed by atoms with Gasteiger partial charge in [0.25, 0.3) is 5.89 Å². The third-order valence-electron chi connectivity index (χ3n) is 2.16. The second kappa shape index (κ2) is 5.23. The van der Waals surface area contributed by atoms with Crippen LogP contribution in [0.4, 0.5) is 0 Å². The van der Waals surface area contributed by atoms with E-state index in [0.29, 0.717) is 5.89 Å². The highest BCUT2D eigenvalue weighted by Crippen LogP contribution is 2.19. The Balaban J connectivity index is 2.15. The molecule has 0 bridgehead atoms. The smallest absolute Gasteiger partial charge is 0.257 e. The molecule has 1 heterocycles. The molecule has 0 atom stereocenters. The van der Waals surface area contributed by atoms with E-state index in [2.05, 4.69) is 31.4 Å². The summed E-state index contributed by atoms with van der Waals surface area (Å²) in [5.41, 5.74) is 0.936. The number of nitrogens with one attached hydrogen (secondary N) is 1. The lowest BCUT2D eigenvalue weighted by atomic mass is 10.2. The molecule has 2 aromatic rings. The van der Waals surface area contributed by atoms with Crippen LogP contribution in [0.15, 0.2) is 33.3 Å². The Kier molecular flexibility index (Phi) is 3.69. The average Bonchev–Trinajstić information content (AvgIpc) is 2.76. The first-order valence-electron chi connectivity index (χ1n) is 5.02. The summed E-state index contributed by atoms with van der Waals surface area (Å²) in [6.45, 7) is 0.847. The van der Waals surface area contributed by atoms with E-state index < -0.39 is 0 Å². The van der Waals surface area contributed by atoms with Crippen molar-refractivity contribution in [3.8, 4) is 11.5 Å². The van der Waals surface area contributed by atoms with Gasteiger partial charge in [0.05, 0.1) is 0 Å². The maximum atomic E-state index is 5.18. The van der Waals surface area contributed by atoms with Crippen LogP contribution in [-0.4, -0.2) is 23.7 Å². The van der Waals surface area contributed by atoms with Crippen molar-refractivity contribution in [1.29, 1.82) is 0 Å². The zero-order chi connectivity index (χ0) is 11.4. The Bertz CT molecular complexity index is 453. The predicted octanol–water partition coefficient (Wildman–Crippen LogP) is 2.26. The highest BCUT2D eigenvalue weighted by atomic mass is 79.9. The summed E-state index contributed by atoms with van der Waals surface area (Å²) >= 11 is 3.38. The fourth-order valence-corrected chi connectivity index (χ4v) is 1.57. The van der Waals surface area contributed by atoms with Crippen LogP contribution in [-0.2, 0) is 6.42 Å². The fourth-order valence-electron chi connectivity index (χ4n) is 1.30. The summed E-state index contributed by atoms with van der Waals surface area (Å²) in [6, 6.07) is 7.79. The highest BCUT2D eigenvalue weighted by molar-refractivity contribution is 9.10. The molecule has 84 valence electrons. The van der Waals surface area contributed by atoms with E-state index in [1.165, 1.54) is 0 Å². The fraction of sp³-hybridized carbons (Fsp3) is 0.273. The molecule has 0 radical (unpaired) electrons. The van der Waals surface area contributed by atoms with Crippen molar-refractivity contribution < 1.29 is 4.52 Å². The van der Waals surface area contributed by atoms with Gasteiger partial charge >= 0.3 is 0 Å².